The van der Waals surface area contributed by atoms with Gasteiger partial charge in [0, 0.05) is 42.4 Å². The molecule has 2 aliphatic carbocycles. The van der Waals surface area contributed by atoms with E-state index < -0.39 is 114 Å². The van der Waals surface area contributed by atoms with Crippen LogP contribution in [0.15, 0.2) is 18.2 Å². The minimum atomic E-state index is -2.35. The number of amides is 1. The summed E-state index contributed by atoms with van der Waals surface area (Å²) in [5, 5.41) is 66.1. The quantitative estimate of drug-likeness (QED) is 0.152. The van der Waals surface area contributed by atoms with E-state index >= 15 is 0 Å². The van der Waals surface area contributed by atoms with Crippen LogP contribution in [0.25, 0.3) is 0 Å². The van der Waals surface area contributed by atoms with E-state index in [1.54, 1.807) is 0 Å². The van der Waals surface area contributed by atoms with Crippen LogP contribution in [-0.2, 0) is 30.3 Å². The highest BCUT2D eigenvalue weighted by molar-refractivity contribution is 6.31. The molecule has 7 N–H and O–H groups in total. The molecule has 15 heteroatoms. The molecular formula is C31H33NO14. The summed E-state index contributed by atoms with van der Waals surface area (Å²) >= 11 is 0. The number of aliphatic hydroxyl groups excluding tert-OH is 2. The molecule has 2 aromatic rings. The number of carboxylic acids is 1. The third kappa shape index (κ3) is 5.60. The number of carboxylic acid groups (broad SMARTS) is 1. The van der Waals surface area contributed by atoms with Crippen molar-refractivity contribution in [3.05, 3.63) is 51.6 Å². The van der Waals surface area contributed by atoms with Gasteiger partial charge in [0.25, 0.3) is 0 Å². The molecule has 1 aliphatic heterocycles. The normalized spacial score (nSPS) is 26.8. The first-order valence-electron chi connectivity index (χ1n) is 14.5. The number of rotatable bonds is 9. The van der Waals surface area contributed by atoms with Gasteiger partial charge >= 0.3 is 5.97 Å². The lowest BCUT2D eigenvalue weighted by molar-refractivity contribution is -0.249. The van der Waals surface area contributed by atoms with Crippen molar-refractivity contribution in [2.75, 3.05) is 13.7 Å². The van der Waals surface area contributed by atoms with Gasteiger partial charge in [-0.1, -0.05) is 12.1 Å². The number of aliphatic carboxylic acids is 1. The monoisotopic (exact) mass is 643 g/mol. The second-order valence-corrected chi connectivity index (χ2v) is 11.6. The number of ketones is 3. The van der Waals surface area contributed by atoms with Gasteiger partial charge in [-0.3, -0.25) is 24.0 Å². The lowest BCUT2D eigenvalue weighted by atomic mass is 9.72. The molecular weight excluding hydrogens is 610 g/mol. The predicted octanol–water partition coefficient (Wildman–Crippen LogP) is 0.0236. The van der Waals surface area contributed by atoms with Crippen LogP contribution in [0.5, 0.6) is 17.2 Å². The van der Waals surface area contributed by atoms with Gasteiger partial charge in [0.15, 0.2) is 17.9 Å². The molecule has 1 amide bonds. The van der Waals surface area contributed by atoms with Gasteiger partial charge in [0.1, 0.15) is 35.6 Å². The number of methoxy groups -OCH3 is 1. The Labute approximate surface area is 261 Å². The average molecular weight is 644 g/mol. The van der Waals surface area contributed by atoms with E-state index in [4.69, 9.17) is 19.3 Å². The summed E-state index contributed by atoms with van der Waals surface area (Å²) in [5.41, 5.74) is -4.16. The zero-order valence-electron chi connectivity index (χ0n) is 24.8. The number of phenolic OH excluding ortho intramolecular Hbond substituents is 2. The number of phenols is 2. The number of carbonyl (C=O) groups is 5. The minimum absolute atomic E-state index is 0.0495. The predicted molar refractivity (Wildman–Crippen MR) is 153 cm³/mol. The van der Waals surface area contributed by atoms with Gasteiger partial charge in [-0.2, -0.15) is 0 Å². The Bertz CT molecular complexity index is 1640. The Hall–Kier alpha value is -4.41. The van der Waals surface area contributed by atoms with Gasteiger partial charge in [0.2, 0.25) is 11.7 Å². The average Bonchev–Trinajstić information content (AvgIpc) is 3.01. The third-order valence-corrected chi connectivity index (χ3v) is 8.67. The zero-order valence-corrected chi connectivity index (χ0v) is 24.8. The molecule has 3 aliphatic rings. The lowest BCUT2D eigenvalue weighted by Crippen LogP contribution is -2.55. The van der Waals surface area contributed by atoms with Crippen molar-refractivity contribution in [3.63, 3.8) is 0 Å². The maximum atomic E-state index is 13.8. The number of nitrogens with one attached hydrogen (secondary N) is 1. The van der Waals surface area contributed by atoms with Crippen LogP contribution in [-0.4, -0.2) is 104 Å². The van der Waals surface area contributed by atoms with E-state index in [0.717, 1.165) is 0 Å². The molecule has 46 heavy (non-hydrogen) atoms. The highest BCUT2D eigenvalue weighted by Gasteiger charge is 2.50. The summed E-state index contributed by atoms with van der Waals surface area (Å²) in [4.78, 5) is 63.4. The molecule has 2 unspecified atom stereocenters. The van der Waals surface area contributed by atoms with Crippen LogP contribution < -0.4 is 10.1 Å². The van der Waals surface area contributed by atoms with Gasteiger partial charge in [0.05, 0.1) is 48.5 Å². The first-order valence-corrected chi connectivity index (χ1v) is 14.5. The number of hydrogen-bond acceptors (Lipinski definition) is 13. The van der Waals surface area contributed by atoms with Crippen molar-refractivity contribution in [2.45, 2.75) is 75.3 Å². The molecule has 0 bridgehead atoms. The molecule has 1 fully saturated rings. The Morgan fingerprint density at radius 2 is 1.76 bits per heavy atom. The number of aromatic hydroxyl groups is 2. The molecule has 0 spiro atoms. The van der Waals surface area contributed by atoms with Crippen LogP contribution >= 0.6 is 0 Å². The zero-order chi connectivity index (χ0) is 33.7. The van der Waals surface area contributed by atoms with E-state index in [1.807, 2.05) is 0 Å². The van der Waals surface area contributed by atoms with Crippen molar-refractivity contribution >= 4 is 29.2 Å². The van der Waals surface area contributed by atoms with E-state index in [9.17, 15) is 49.5 Å². The summed E-state index contributed by atoms with van der Waals surface area (Å²) in [6, 6.07) is 3.28. The fourth-order valence-corrected chi connectivity index (χ4v) is 6.36. The lowest BCUT2D eigenvalue weighted by Gasteiger charge is -2.43. The molecule has 0 saturated carbocycles. The molecule has 0 aromatic heterocycles. The van der Waals surface area contributed by atoms with Gasteiger partial charge in [-0.25, -0.2) is 0 Å². The van der Waals surface area contributed by atoms with E-state index in [0.29, 0.717) is 0 Å². The molecule has 5 rings (SSSR count). The van der Waals surface area contributed by atoms with E-state index in [-0.39, 0.29) is 40.8 Å². The van der Waals surface area contributed by atoms with Crippen molar-refractivity contribution in [1.29, 1.82) is 0 Å². The topological polar surface area (TPSA) is 246 Å². The highest BCUT2D eigenvalue weighted by Crippen LogP contribution is 2.52. The number of Topliss-reactive ketones (excluding diaryl/α,β-unsaturated/α-hetero) is 1. The van der Waals surface area contributed by atoms with Crippen molar-refractivity contribution in [2.24, 2.45) is 0 Å². The summed E-state index contributed by atoms with van der Waals surface area (Å²) in [6.45, 7) is 0.389. The Morgan fingerprint density at radius 3 is 2.41 bits per heavy atom. The molecule has 15 nitrogen and oxygen atoms in total. The van der Waals surface area contributed by atoms with Crippen molar-refractivity contribution < 1.29 is 68.8 Å². The van der Waals surface area contributed by atoms with Crippen molar-refractivity contribution in [1.82, 2.24) is 5.32 Å². The molecule has 2 aromatic carbocycles. The minimum Gasteiger partial charge on any atom is -0.507 e. The SMILES string of the molecule is COc1cccc2c1C(=O)c1c(O)c3c(c(O)c1C2=O)C[C@@](O)(C(=O)CO)C[C@@H]3OC1C[C@@H](NC(=O)CCC(=O)O)[C@H](O)C(C)O1. The molecule has 246 valence electrons. The van der Waals surface area contributed by atoms with Crippen LogP contribution in [0.1, 0.15) is 81.7 Å². The maximum Gasteiger partial charge on any atom is 0.303 e. The molecule has 6 atom stereocenters. The summed E-state index contributed by atoms with van der Waals surface area (Å²) < 4.78 is 17.1. The number of benzene rings is 2. The summed E-state index contributed by atoms with van der Waals surface area (Å²) in [6.07, 6.45) is -7.18. The van der Waals surface area contributed by atoms with Crippen LogP contribution in [0.4, 0.5) is 0 Å². The number of carbonyl (C=O) groups excluding carboxylic acids is 4. The van der Waals surface area contributed by atoms with Gasteiger partial charge in [-0.05, 0) is 13.0 Å². The first kappa shape index (κ1) is 33.0. The number of aliphatic hydroxyl groups is 3. The van der Waals surface area contributed by atoms with Gasteiger partial charge in [-0.15, -0.1) is 0 Å². The first-order chi connectivity index (χ1) is 21.7. The van der Waals surface area contributed by atoms with Crippen LogP contribution in [0.2, 0.25) is 0 Å². The fourth-order valence-electron chi connectivity index (χ4n) is 6.36. The Morgan fingerprint density at radius 1 is 1.07 bits per heavy atom. The molecule has 1 heterocycles. The largest absolute Gasteiger partial charge is 0.507 e. The maximum absolute atomic E-state index is 13.8. The van der Waals surface area contributed by atoms with E-state index in [2.05, 4.69) is 5.32 Å². The highest BCUT2D eigenvalue weighted by atomic mass is 16.7. The van der Waals surface area contributed by atoms with Crippen molar-refractivity contribution in [3.8, 4) is 17.2 Å². The number of hydrogen-bond donors (Lipinski definition) is 7. The standard InChI is InChI=1S/C31H33NO14/c1-12-26(38)15(32-19(35)6-7-20(36)37)8-21(45-12)46-17-10-31(43,18(34)11-33)9-14-23(17)30(42)25-24(28(14)40)27(39)13-4-3-5-16(44-2)22(13)29(25)41/h3-5,12,15,17,21,26,33,38,40,42-43H,6-11H2,1-2H3,(H,32,35)(H,36,37)/t12?,15-,17+,21?,26-,31+/m1/s1. The molecule has 0 radical (unpaired) electrons. The second kappa shape index (κ2) is 12.4. The third-order valence-electron chi connectivity index (χ3n) is 8.67. The Kier molecular flexibility index (Phi) is 8.90. The smallest absolute Gasteiger partial charge is 0.303 e. The summed E-state index contributed by atoms with van der Waals surface area (Å²) in [5.74, 6) is -6.01. The molecule has 1 saturated heterocycles. The Balaban J connectivity index is 1.57. The van der Waals surface area contributed by atoms with E-state index in [1.165, 1.54) is 32.2 Å². The number of fused-ring (bicyclic) bond motifs is 3. The van der Waals surface area contributed by atoms with Crippen LogP contribution in [0, 0.1) is 0 Å². The summed E-state index contributed by atoms with van der Waals surface area (Å²) in [7, 11) is 1.29. The fraction of sp³-hybridized carbons (Fsp3) is 0.452. The van der Waals surface area contributed by atoms with Gasteiger partial charge < -0.3 is 50.2 Å². The van der Waals surface area contributed by atoms with Crippen LogP contribution in [0.3, 0.4) is 0 Å². The second-order valence-electron chi connectivity index (χ2n) is 11.6. The number of ether oxygens (including phenoxy) is 3.